The third-order valence-electron chi connectivity index (χ3n) is 0.531. The molecule has 0 fully saturated rings. The number of halogens is 1. The summed E-state index contributed by atoms with van der Waals surface area (Å²) in [6, 6.07) is 0. The van der Waals surface area contributed by atoms with Crippen LogP contribution in [0.15, 0.2) is 12.7 Å². The van der Waals surface area contributed by atoms with Gasteiger partial charge in [0.1, 0.15) is 4.66 Å². The van der Waals surface area contributed by atoms with Gasteiger partial charge in [-0.3, -0.25) is 4.84 Å². The van der Waals surface area contributed by atoms with Gasteiger partial charge in [0, 0.05) is 0 Å². The van der Waals surface area contributed by atoms with E-state index in [0.717, 1.165) is 0 Å². The summed E-state index contributed by atoms with van der Waals surface area (Å²) in [5.41, 5.74) is 0. The maximum atomic E-state index is 10.6. The lowest BCUT2D eigenvalue weighted by Crippen LogP contribution is -2.24. The molecule has 0 saturated carbocycles. The Bertz CT molecular complexity index is 189. The second kappa shape index (κ2) is 4.84. The Kier molecular flexibility index (Phi) is 4.88. The van der Waals surface area contributed by atoms with Crippen LogP contribution in [0.25, 0.3) is 0 Å². The van der Waals surface area contributed by atoms with Crippen molar-refractivity contribution in [2.75, 3.05) is 11.3 Å². The van der Waals surface area contributed by atoms with E-state index in [1.807, 2.05) is 4.89 Å². The summed E-state index contributed by atoms with van der Waals surface area (Å²) in [6.45, 7) is 3.49. The highest BCUT2D eigenvalue weighted by molar-refractivity contribution is 9.10. The van der Waals surface area contributed by atoms with Gasteiger partial charge in [-0.1, -0.05) is 26.9 Å². The van der Waals surface area contributed by atoms with Crippen molar-refractivity contribution in [3.8, 4) is 0 Å². The number of nitrogens with one attached hydrogen (secondary N) is 1. The first kappa shape index (κ1) is 10.1. The second-order valence-electron chi connectivity index (χ2n) is 1.41. The Labute approximate surface area is 68.4 Å². The van der Waals surface area contributed by atoms with Crippen LogP contribution in [0.5, 0.6) is 0 Å². The molecule has 0 aromatic rings. The number of alkyl halides is 1. The lowest BCUT2D eigenvalue weighted by atomic mass is 10.7. The van der Waals surface area contributed by atoms with Crippen LogP contribution < -0.4 is 4.89 Å². The highest BCUT2D eigenvalue weighted by atomic mass is 79.9. The highest BCUT2D eigenvalue weighted by Crippen LogP contribution is 1.89. The molecule has 0 saturated heterocycles. The van der Waals surface area contributed by atoms with Gasteiger partial charge in [0.05, 0.1) is 6.61 Å². The Morgan fingerprint density at radius 1 is 1.70 bits per heavy atom. The van der Waals surface area contributed by atoms with Crippen LogP contribution in [0.1, 0.15) is 0 Å². The first-order chi connectivity index (χ1) is 4.62. The molecule has 0 aliphatic carbocycles. The van der Waals surface area contributed by atoms with Gasteiger partial charge in [-0.05, 0) is 0 Å². The highest BCUT2D eigenvalue weighted by Gasteiger charge is 2.04. The number of sulfonamides is 1. The van der Waals surface area contributed by atoms with Crippen molar-refractivity contribution in [1.29, 1.82) is 0 Å². The van der Waals surface area contributed by atoms with E-state index in [1.165, 1.54) is 6.08 Å². The van der Waals surface area contributed by atoms with Crippen molar-refractivity contribution in [3.05, 3.63) is 12.7 Å². The standard InChI is InChI=1S/C4H8BrNO3S/c1-2-3-9-6-10(7,8)4-5/h2,6H,1,3-4H2. The Hall–Kier alpha value is 0.0900. The Morgan fingerprint density at radius 2 is 2.30 bits per heavy atom. The molecule has 4 nitrogen and oxygen atoms in total. The zero-order valence-electron chi connectivity index (χ0n) is 5.21. The molecule has 0 amide bonds. The van der Waals surface area contributed by atoms with Gasteiger partial charge in [0.15, 0.2) is 0 Å². The van der Waals surface area contributed by atoms with Crippen LogP contribution in [-0.4, -0.2) is 19.7 Å². The summed E-state index contributed by atoms with van der Waals surface area (Å²) in [4.78, 5) is 6.32. The van der Waals surface area contributed by atoms with Gasteiger partial charge >= 0.3 is 0 Å². The topological polar surface area (TPSA) is 55.4 Å². The van der Waals surface area contributed by atoms with Crippen molar-refractivity contribution in [2.24, 2.45) is 0 Å². The van der Waals surface area contributed by atoms with Crippen molar-refractivity contribution < 1.29 is 13.3 Å². The van der Waals surface area contributed by atoms with E-state index in [0.29, 0.717) is 0 Å². The quantitative estimate of drug-likeness (QED) is 0.321. The third kappa shape index (κ3) is 4.92. The van der Waals surface area contributed by atoms with Crippen molar-refractivity contribution in [2.45, 2.75) is 0 Å². The van der Waals surface area contributed by atoms with Crippen LogP contribution in [0.2, 0.25) is 0 Å². The van der Waals surface area contributed by atoms with Crippen LogP contribution >= 0.6 is 15.9 Å². The molecule has 0 bridgehead atoms. The molecule has 0 radical (unpaired) electrons. The summed E-state index contributed by atoms with van der Waals surface area (Å²) in [6.07, 6.45) is 1.44. The molecule has 6 heteroatoms. The molecule has 10 heavy (non-hydrogen) atoms. The minimum Gasteiger partial charge on any atom is -0.283 e. The molecule has 0 aromatic heterocycles. The van der Waals surface area contributed by atoms with Gasteiger partial charge in [0.2, 0.25) is 10.0 Å². The zero-order valence-corrected chi connectivity index (χ0v) is 7.61. The Morgan fingerprint density at radius 3 is 2.70 bits per heavy atom. The third-order valence-corrected chi connectivity index (χ3v) is 3.00. The van der Waals surface area contributed by atoms with Gasteiger partial charge in [-0.2, -0.15) is 0 Å². The van der Waals surface area contributed by atoms with Crippen molar-refractivity contribution >= 4 is 26.0 Å². The van der Waals surface area contributed by atoms with Crippen molar-refractivity contribution in [3.63, 3.8) is 0 Å². The lowest BCUT2D eigenvalue weighted by Gasteiger charge is -2.00. The summed E-state index contributed by atoms with van der Waals surface area (Å²) in [5, 5.41) is 0. The smallest absolute Gasteiger partial charge is 0.243 e. The molecular formula is C4H8BrNO3S. The van der Waals surface area contributed by atoms with Gasteiger partial charge in [0.25, 0.3) is 0 Å². The number of hydrogen-bond acceptors (Lipinski definition) is 3. The van der Waals surface area contributed by atoms with Crippen LogP contribution in [0, 0.1) is 0 Å². The van der Waals surface area contributed by atoms with E-state index in [9.17, 15) is 8.42 Å². The fraction of sp³-hybridized carbons (Fsp3) is 0.500. The SMILES string of the molecule is C=CCONS(=O)(=O)CBr. The molecule has 0 aliphatic rings. The van der Waals surface area contributed by atoms with E-state index < -0.39 is 10.0 Å². The molecule has 0 unspecified atom stereocenters. The molecule has 1 N–H and O–H groups in total. The molecule has 0 atom stereocenters. The minimum atomic E-state index is -3.30. The Balaban J connectivity index is 3.58. The first-order valence-electron chi connectivity index (χ1n) is 2.40. The molecule has 0 aromatic carbocycles. The normalized spacial score (nSPS) is 11.3. The maximum Gasteiger partial charge on any atom is 0.243 e. The van der Waals surface area contributed by atoms with Gasteiger partial charge < -0.3 is 0 Å². The molecule has 0 heterocycles. The monoisotopic (exact) mass is 229 g/mol. The second-order valence-corrected chi connectivity index (χ2v) is 4.39. The van der Waals surface area contributed by atoms with Crippen LogP contribution in [0.3, 0.4) is 0 Å². The minimum absolute atomic E-state index is 0.159. The fourth-order valence-corrected chi connectivity index (χ4v) is 0.778. The predicted molar refractivity (Wildman–Crippen MR) is 42.0 cm³/mol. The predicted octanol–water partition coefficient (Wildman–Crippen LogP) is 0.376. The van der Waals surface area contributed by atoms with E-state index in [4.69, 9.17) is 0 Å². The van der Waals surface area contributed by atoms with E-state index in [2.05, 4.69) is 27.3 Å². The maximum absolute atomic E-state index is 10.6. The largest absolute Gasteiger partial charge is 0.283 e. The number of hydrogen-bond donors (Lipinski definition) is 1. The zero-order chi connectivity index (χ0) is 8.04. The van der Waals surface area contributed by atoms with Gasteiger partial charge in [-0.15, -0.1) is 6.58 Å². The molecule has 0 rings (SSSR count). The average molecular weight is 230 g/mol. The van der Waals surface area contributed by atoms with E-state index >= 15 is 0 Å². The summed E-state index contributed by atoms with van der Waals surface area (Å²) < 4.78 is 20.9. The number of rotatable bonds is 5. The summed E-state index contributed by atoms with van der Waals surface area (Å²) in [5.74, 6) is 0. The van der Waals surface area contributed by atoms with Gasteiger partial charge in [-0.25, -0.2) is 8.42 Å². The van der Waals surface area contributed by atoms with Crippen LogP contribution in [-0.2, 0) is 14.9 Å². The molecular weight excluding hydrogens is 222 g/mol. The van der Waals surface area contributed by atoms with Crippen molar-refractivity contribution in [1.82, 2.24) is 4.89 Å². The molecule has 0 spiro atoms. The summed E-state index contributed by atoms with van der Waals surface area (Å²) in [7, 11) is -3.30. The molecule has 0 aliphatic heterocycles. The van der Waals surface area contributed by atoms with E-state index in [1.54, 1.807) is 0 Å². The van der Waals surface area contributed by atoms with Crippen LogP contribution in [0.4, 0.5) is 0 Å². The molecule has 60 valence electrons. The average Bonchev–Trinajstić information content (AvgIpc) is 1.89. The fourth-order valence-electron chi connectivity index (χ4n) is 0.205. The van der Waals surface area contributed by atoms with E-state index in [-0.39, 0.29) is 11.3 Å². The lowest BCUT2D eigenvalue weighted by molar-refractivity contribution is 0.120. The first-order valence-corrected chi connectivity index (χ1v) is 5.18. The summed E-state index contributed by atoms with van der Waals surface area (Å²) >= 11 is 2.77.